The molecule has 0 atom stereocenters. The first-order chi connectivity index (χ1) is 25.6. The molecule has 0 aliphatic carbocycles. The Kier molecular flexibility index (Phi) is 34.4. The van der Waals surface area contributed by atoms with Crippen LogP contribution in [-0.4, -0.2) is 181 Å². The van der Waals surface area contributed by atoms with Gasteiger partial charge in [0.05, 0.1) is 152 Å². The number of carbonyl (C=O) groups excluding carboxylic acids is 2. The summed E-state index contributed by atoms with van der Waals surface area (Å²) in [4.78, 5) is 32.7. The fourth-order valence-corrected chi connectivity index (χ4v) is 3.65. The number of aliphatic carboxylic acids is 1. The number of hydrogen-bond donors (Lipinski definition) is 1. The summed E-state index contributed by atoms with van der Waals surface area (Å²) >= 11 is 0. The minimum Gasteiger partial charge on any atom is -0.491 e. The van der Waals surface area contributed by atoms with Crippen molar-refractivity contribution in [2.45, 2.75) is 12.8 Å². The summed E-state index contributed by atoms with van der Waals surface area (Å²) < 4.78 is 70.2. The van der Waals surface area contributed by atoms with Crippen molar-refractivity contribution in [2.75, 3.05) is 159 Å². The van der Waals surface area contributed by atoms with Crippen molar-refractivity contribution in [3.63, 3.8) is 0 Å². The maximum absolute atomic E-state index is 11.4. The van der Waals surface area contributed by atoms with Gasteiger partial charge in [0.1, 0.15) is 19.0 Å². The summed E-state index contributed by atoms with van der Waals surface area (Å²) in [6.07, 6.45) is -0.664. The van der Waals surface area contributed by atoms with E-state index in [0.717, 1.165) is 5.75 Å². The molecular weight excluding hydrogens is 692 g/mol. The van der Waals surface area contributed by atoms with Gasteiger partial charge in [-0.15, -0.1) is 0 Å². The third kappa shape index (κ3) is 34.3. The first-order valence-electron chi connectivity index (χ1n) is 17.5. The van der Waals surface area contributed by atoms with Crippen molar-refractivity contribution in [2.24, 2.45) is 0 Å². The second kappa shape index (κ2) is 37.9. The lowest BCUT2D eigenvalue weighted by Crippen LogP contribution is -2.17. The van der Waals surface area contributed by atoms with Crippen LogP contribution in [0, 0.1) is 0 Å². The topological polar surface area (TPSA) is 191 Å². The highest BCUT2D eigenvalue weighted by atomic mass is 16.6. The molecule has 0 bridgehead atoms. The normalized spacial score (nSPS) is 11.2. The van der Waals surface area contributed by atoms with E-state index in [2.05, 4.69) is 0 Å². The van der Waals surface area contributed by atoms with Crippen LogP contribution in [0.5, 0.6) is 5.75 Å². The standard InChI is InChI=1S/C35H58O17/c36-33(35(38)39)6-7-34(37)52-31-29-50-27-25-48-23-21-46-19-17-44-15-13-42-11-9-40-8-10-41-12-14-43-16-18-45-20-22-47-24-26-49-28-30-51-32-4-2-1-3-5-32/h1-5H,6-31H2,(H,38,39). The predicted molar refractivity (Wildman–Crippen MR) is 184 cm³/mol. The largest absolute Gasteiger partial charge is 0.491 e. The van der Waals surface area contributed by atoms with Crippen LogP contribution in [0.4, 0.5) is 0 Å². The van der Waals surface area contributed by atoms with Gasteiger partial charge in [-0.1, -0.05) is 18.2 Å². The Balaban J connectivity index is 1.63. The summed E-state index contributed by atoms with van der Waals surface area (Å²) in [6.45, 7) is 10.3. The zero-order valence-corrected chi connectivity index (χ0v) is 30.3. The Labute approximate surface area is 306 Å². The number of carboxylic acid groups (broad SMARTS) is 1. The highest BCUT2D eigenvalue weighted by Gasteiger charge is 2.14. The van der Waals surface area contributed by atoms with Gasteiger partial charge in [0.15, 0.2) is 0 Å². The lowest BCUT2D eigenvalue weighted by atomic mass is 10.2. The van der Waals surface area contributed by atoms with Crippen molar-refractivity contribution in [1.82, 2.24) is 0 Å². The number of benzene rings is 1. The maximum atomic E-state index is 11.4. The Bertz CT molecular complexity index is 953. The van der Waals surface area contributed by atoms with Gasteiger partial charge in [0.2, 0.25) is 5.78 Å². The Morgan fingerprint density at radius 2 is 0.673 bits per heavy atom. The van der Waals surface area contributed by atoms with Gasteiger partial charge in [-0.25, -0.2) is 4.79 Å². The smallest absolute Gasteiger partial charge is 0.372 e. The number of ketones is 1. The molecular formula is C35H58O17. The lowest BCUT2D eigenvalue weighted by Gasteiger charge is -2.09. The Morgan fingerprint density at radius 1 is 0.385 bits per heavy atom. The number of carbonyl (C=O) groups is 3. The molecule has 0 aliphatic heterocycles. The van der Waals surface area contributed by atoms with Crippen LogP contribution < -0.4 is 4.74 Å². The number of esters is 1. The lowest BCUT2D eigenvalue weighted by molar-refractivity contribution is -0.151. The van der Waals surface area contributed by atoms with E-state index in [-0.39, 0.29) is 26.1 Å². The van der Waals surface area contributed by atoms with Gasteiger partial charge in [-0.05, 0) is 12.1 Å². The van der Waals surface area contributed by atoms with Crippen molar-refractivity contribution >= 4 is 17.7 Å². The fraction of sp³-hybridized carbons (Fsp3) is 0.743. The van der Waals surface area contributed by atoms with E-state index in [1.165, 1.54) is 0 Å². The van der Waals surface area contributed by atoms with E-state index in [1.807, 2.05) is 30.3 Å². The molecule has 1 N–H and O–H groups in total. The highest BCUT2D eigenvalue weighted by Crippen LogP contribution is 2.07. The van der Waals surface area contributed by atoms with Crippen LogP contribution in [0.3, 0.4) is 0 Å². The zero-order valence-electron chi connectivity index (χ0n) is 30.3. The first-order valence-corrected chi connectivity index (χ1v) is 17.5. The average Bonchev–Trinajstić information content (AvgIpc) is 3.15. The fourth-order valence-electron chi connectivity index (χ4n) is 3.65. The van der Waals surface area contributed by atoms with Gasteiger partial charge in [0.25, 0.3) is 0 Å². The molecule has 1 aromatic carbocycles. The third-order valence-electron chi connectivity index (χ3n) is 6.25. The molecule has 0 fully saturated rings. The molecule has 0 spiro atoms. The SMILES string of the molecule is O=C(CCC(=O)C(=O)O)OCCOCCOCCOCCOCCOCCOCCOCCOCCOCCOCCOCCOc1ccccc1. The molecule has 1 aromatic rings. The Hall–Kier alpha value is -2.81. The average molecular weight is 751 g/mol. The minimum absolute atomic E-state index is 0.0116. The van der Waals surface area contributed by atoms with E-state index in [1.54, 1.807) is 0 Å². The second-order valence-electron chi connectivity index (χ2n) is 10.3. The van der Waals surface area contributed by atoms with Gasteiger partial charge in [-0.3, -0.25) is 9.59 Å². The van der Waals surface area contributed by atoms with Crippen LogP contribution in [0.25, 0.3) is 0 Å². The monoisotopic (exact) mass is 750 g/mol. The van der Waals surface area contributed by atoms with Gasteiger partial charge >= 0.3 is 11.9 Å². The molecule has 0 aliphatic rings. The van der Waals surface area contributed by atoms with Gasteiger partial charge in [-0.2, -0.15) is 0 Å². The van der Waals surface area contributed by atoms with Crippen molar-refractivity contribution in [3.8, 4) is 5.75 Å². The minimum atomic E-state index is -1.56. The number of carboxylic acids is 1. The van der Waals surface area contributed by atoms with E-state index >= 15 is 0 Å². The molecule has 1 rings (SSSR count). The van der Waals surface area contributed by atoms with Crippen LogP contribution in [0.1, 0.15) is 12.8 Å². The summed E-state index contributed by atoms with van der Waals surface area (Å²) in [7, 11) is 0. The van der Waals surface area contributed by atoms with Crippen LogP contribution in [0.2, 0.25) is 0 Å². The summed E-state index contributed by atoms with van der Waals surface area (Å²) in [5.41, 5.74) is 0. The number of Topliss-reactive ketones (excluding diaryl/α,β-unsaturated/α-hetero) is 1. The number of rotatable bonds is 41. The molecule has 0 aromatic heterocycles. The molecule has 0 unspecified atom stereocenters. The highest BCUT2D eigenvalue weighted by molar-refractivity contribution is 6.32. The van der Waals surface area contributed by atoms with Gasteiger partial charge in [0, 0.05) is 6.42 Å². The summed E-state index contributed by atoms with van der Waals surface area (Å²) in [5, 5.41) is 8.45. The molecule has 0 heterocycles. The molecule has 0 amide bonds. The predicted octanol–water partition coefficient (Wildman–Crippen LogP) is 1.23. The molecule has 300 valence electrons. The molecule has 17 heteroatoms. The number of hydrogen-bond acceptors (Lipinski definition) is 16. The molecule has 0 saturated heterocycles. The molecule has 52 heavy (non-hydrogen) atoms. The summed E-state index contributed by atoms with van der Waals surface area (Å²) in [6, 6.07) is 9.63. The quantitative estimate of drug-likeness (QED) is 0.0570. The van der Waals surface area contributed by atoms with E-state index < -0.39 is 17.7 Å². The van der Waals surface area contributed by atoms with Crippen molar-refractivity contribution in [3.05, 3.63) is 30.3 Å². The van der Waals surface area contributed by atoms with E-state index in [4.69, 9.17) is 66.7 Å². The maximum Gasteiger partial charge on any atom is 0.372 e. The van der Waals surface area contributed by atoms with Crippen molar-refractivity contribution in [1.29, 1.82) is 0 Å². The third-order valence-corrected chi connectivity index (χ3v) is 6.25. The second-order valence-corrected chi connectivity index (χ2v) is 10.3. The van der Waals surface area contributed by atoms with E-state index in [0.29, 0.717) is 145 Å². The van der Waals surface area contributed by atoms with Crippen LogP contribution in [0.15, 0.2) is 30.3 Å². The van der Waals surface area contributed by atoms with E-state index in [9.17, 15) is 14.4 Å². The molecule has 0 radical (unpaired) electrons. The first kappa shape index (κ1) is 47.2. The number of para-hydroxylation sites is 1. The van der Waals surface area contributed by atoms with Crippen molar-refractivity contribution < 1.29 is 81.1 Å². The molecule has 0 saturated carbocycles. The van der Waals surface area contributed by atoms with Crippen LogP contribution >= 0.6 is 0 Å². The Morgan fingerprint density at radius 3 is 0.981 bits per heavy atom. The summed E-state index contributed by atoms with van der Waals surface area (Å²) in [5.74, 6) is -2.41. The van der Waals surface area contributed by atoms with Crippen LogP contribution in [-0.2, 0) is 71.2 Å². The van der Waals surface area contributed by atoms with Gasteiger partial charge < -0.3 is 66.7 Å². The zero-order chi connectivity index (χ0) is 37.4. The molecule has 17 nitrogen and oxygen atoms in total. The number of ether oxygens (including phenoxy) is 13.